The number of aryl methyl sites for hydroxylation is 2. The summed E-state index contributed by atoms with van der Waals surface area (Å²) in [6.45, 7) is 3.94. The number of hydrogen-bond donors (Lipinski definition) is 1. The number of hydrogen-bond acceptors (Lipinski definition) is 7. The van der Waals surface area contributed by atoms with Gasteiger partial charge >= 0.3 is 6.18 Å². The monoisotopic (exact) mass is 371 g/mol. The van der Waals surface area contributed by atoms with Crippen LogP contribution in [0.3, 0.4) is 0 Å². The maximum absolute atomic E-state index is 12.7. The smallest absolute Gasteiger partial charge is 0.383 e. The van der Waals surface area contributed by atoms with Crippen LogP contribution in [-0.4, -0.2) is 19.9 Å². The number of halogens is 3. The largest absolute Gasteiger partial charge is 0.433 e. The van der Waals surface area contributed by atoms with Crippen molar-refractivity contribution in [2.24, 2.45) is 0 Å². The SMILES string of the molecule is Cc1sc2nc(CSc3nccc(C(F)(F)F)n3)nc(N)c2c1C. The van der Waals surface area contributed by atoms with E-state index in [-0.39, 0.29) is 10.9 Å². The molecule has 0 aliphatic carbocycles. The number of aromatic nitrogens is 4. The highest BCUT2D eigenvalue weighted by atomic mass is 32.2. The third kappa shape index (κ3) is 3.29. The number of fused-ring (bicyclic) bond motifs is 1. The first kappa shape index (κ1) is 16.9. The molecular weight excluding hydrogens is 359 g/mol. The lowest BCUT2D eigenvalue weighted by molar-refractivity contribution is -0.141. The fourth-order valence-corrected chi connectivity index (χ4v) is 3.83. The minimum atomic E-state index is -4.50. The molecule has 0 bridgehead atoms. The van der Waals surface area contributed by atoms with Gasteiger partial charge in [-0.1, -0.05) is 11.8 Å². The molecule has 0 radical (unpaired) electrons. The number of anilines is 1. The molecule has 0 spiro atoms. The van der Waals surface area contributed by atoms with E-state index in [4.69, 9.17) is 5.73 Å². The third-order valence-corrected chi connectivity index (χ3v) is 5.32. The van der Waals surface area contributed by atoms with Crippen molar-refractivity contribution in [1.82, 2.24) is 19.9 Å². The van der Waals surface area contributed by atoms with Crippen LogP contribution in [0.1, 0.15) is 22.0 Å². The lowest BCUT2D eigenvalue weighted by Gasteiger charge is -2.06. The van der Waals surface area contributed by atoms with Crippen molar-refractivity contribution >= 4 is 39.1 Å². The van der Waals surface area contributed by atoms with Crippen LogP contribution in [0.4, 0.5) is 19.0 Å². The Balaban J connectivity index is 1.84. The summed E-state index contributed by atoms with van der Waals surface area (Å²) in [6.07, 6.45) is -3.41. The average Bonchev–Trinajstić information content (AvgIpc) is 2.80. The zero-order valence-corrected chi connectivity index (χ0v) is 14.3. The molecule has 24 heavy (non-hydrogen) atoms. The van der Waals surface area contributed by atoms with Crippen molar-refractivity contribution in [3.05, 3.63) is 34.2 Å². The molecule has 126 valence electrons. The molecule has 0 saturated carbocycles. The summed E-state index contributed by atoms with van der Waals surface area (Å²) < 4.78 is 38.0. The van der Waals surface area contributed by atoms with Gasteiger partial charge in [-0.3, -0.25) is 0 Å². The second kappa shape index (κ2) is 6.17. The Bertz CT molecular complexity index is 907. The molecule has 3 rings (SSSR count). The molecule has 0 fully saturated rings. The molecule has 3 heterocycles. The van der Waals surface area contributed by atoms with E-state index in [0.29, 0.717) is 11.6 Å². The second-order valence-electron chi connectivity index (χ2n) is 5.00. The minimum Gasteiger partial charge on any atom is -0.383 e. The summed E-state index contributed by atoms with van der Waals surface area (Å²) >= 11 is 2.55. The van der Waals surface area contributed by atoms with E-state index in [0.717, 1.165) is 44.7 Å². The van der Waals surface area contributed by atoms with Gasteiger partial charge < -0.3 is 5.73 Å². The summed E-state index contributed by atoms with van der Waals surface area (Å²) in [5, 5.41) is 0.854. The zero-order chi connectivity index (χ0) is 17.5. The van der Waals surface area contributed by atoms with Gasteiger partial charge in [0.1, 0.15) is 22.2 Å². The van der Waals surface area contributed by atoms with Crippen LogP contribution in [0.15, 0.2) is 17.4 Å². The Morgan fingerprint density at radius 2 is 1.96 bits per heavy atom. The van der Waals surface area contributed by atoms with Gasteiger partial charge in [0.2, 0.25) is 0 Å². The maximum atomic E-state index is 12.7. The molecule has 5 nitrogen and oxygen atoms in total. The quantitative estimate of drug-likeness (QED) is 0.554. The van der Waals surface area contributed by atoms with Crippen molar-refractivity contribution in [2.45, 2.75) is 30.9 Å². The Labute approximate surface area is 143 Å². The Kier molecular flexibility index (Phi) is 4.35. The lowest BCUT2D eigenvalue weighted by atomic mass is 10.2. The fourth-order valence-electron chi connectivity index (χ4n) is 2.09. The average molecular weight is 371 g/mol. The number of thiophene rings is 1. The van der Waals surface area contributed by atoms with Gasteiger partial charge in [-0.15, -0.1) is 11.3 Å². The summed E-state index contributed by atoms with van der Waals surface area (Å²) in [6, 6.07) is 0.835. The molecule has 0 aliphatic rings. The fraction of sp³-hybridized carbons (Fsp3) is 0.286. The predicted molar refractivity (Wildman–Crippen MR) is 87.9 cm³/mol. The first-order valence-corrected chi connectivity index (χ1v) is 8.61. The third-order valence-electron chi connectivity index (χ3n) is 3.36. The molecule has 0 unspecified atom stereocenters. The normalized spacial score (nSPS) is 12.0. The molecule has 0 aromatic carbocycles. The van der Waals surface area contributed by atoms with Crippen LogP contribution >= 0.6 is 23.1 Å². The predicted octanol–water partition coefficient (Wildman–Crippen LogP) is 3.99. The highest BCUT2D eigenvalue weighted by Gasteiger charge is 2.32. The van der Waals surface area contributed by atoms with E-state index in [2.05, 4.69) is 19.9 Å². The summed E-state index contributed by atoms with van der Waals surface area (Å²) in [5.41, 5.74) is 6.06. The van der Waals surface area contributed by atoms with Gasteiger partial charge in [0.25, 0.3) is 0 Å². The summed E-state index contributed by atoms with van der Waals surface area (Å²) in [4.78, 5) is 17.9. The first-order chi connectivity index (χ1) is 11.3. The molecule has 0 amide bonds. The van der Waals surface area contributed by atoms with Crippen LogP contribution in [0.2, 0.25) is 0 Å². The van der Waals surface area contributed by atoms with Gasteiger partial charge in [0, 0.05) is 11.1 Å². The summed E-state index contributed by atoms with van der Waals surface area (Å²) in [7, 11) is 0. The minimum absolute atomic E-state index is 0.0191. The standard InChI is InChI=1S/C14H12F3N5S2/c1-6-7(2)24-12-10(6)11(18)21-9(22-12)5-23-13-19-4-3-8(20-13)14(15,16)17/h3-4H,5H2,1-2H3,(H2,18,21,22). The van der Waals surface area contributed by atoms with E-state index in [1.54, 1.807) is 0 Å². The lowest BCUT2D eigenvalue weighted by Crippen LogP contribution is -2.08. The van der Waals surface area contributed by atoms with Gasteiger partial charge in [0.15, 0.2) is 5.16 Å². The van der Waals surface area contributed by atoms with E-state index in [1.165, 1.54) is 11.3 Å². The van der Waals surface area contributed by atoms with Crippen molar-refractivity contribution in [3.63, 3.8) is 0 Å². The van der Waals surface area contributed by atoms with Gasteiger partial charge in [-0.2, -0.15) is 13.2 Å². The van der Waals surface area contributed by atoms with Crippen LogP contribution in [0.25, 0.3) is 10.2 Å². The van der Waals surface area contributed by atoms with Crippen LogP contribution < -0.4 is 5.73 Å². The van der Waals surface area contributed by atoms with Gasteiger partial charge in [0.05, 0.1) is 11.1 Å². The van der Waals surface area contributed by atoms with E-state index >= 15 is 0 Å². The van der Waals surface area contributed by atoms with Crippen molar-refractivity contribution < 1.29 is 13.2 Å². The molecule has 3 aromatic rings. The number of thioether (sulfide) groups is 1. The number of alkyl halides is 3. The molecule has 0 atom stereocenters. The van der Waals surface area contributed by atoms with Gasteiger partial charge in [-0.25, -0.2) is 19.9 Å². The van der Waals surface area contributed by atoms with E-state index in [1.807, 2.05) is 13.8 Å². The topological polar surface area (TPSA) is 77.6 Å². The number of nitrogen functional groups attached to an aromatic ring is 1. The van der Waals surface area contributed by atoms with E-state index in [9.17, 15) is 13.2 Å². The Morgan fingerprint density at radius 3 is 2.67 bits per heavy atom. The highest BCUT2D eigenvalue weighted by Crippen LogP contribution is 2.33. The number of nitrogens with two attached hydrogens (primary N) is 1. The Morgan fingerprint density at radius 1 is 1.21 bits per heavy atom. The van der Waals surface area contributed by atoms with Crippen LogP contribution in [0, 0.1) is 13.8 Å². The summed E-state index contributed by atoms with van der Waals surface area (Å²) in [5.74, 6) is 1.05. The van der Waals surface area contributed by atoms with E-state index < -0.39 is 11.9 Å². The van der Waals surface area contributed by atoms with Gasteiger partial charge in [-0.05, 0) is 25.5 Å². The zero-order valence-electron chi connectivity index (χ0n) is 12.7. The molecule has 2 N–H and O–H groups in total. The van der Waals surface area contributed by atoms with Crippen LogP contribution in [-0.2, 0) is 11.9 Å². The highest BCUT2D eigenvalue weighted by molar-refractivity contribution is 7.98. The number of rotatable bonds is 3. The molecule has 0 aliphatic heterocycles. The van der Waals surface area contributed by atoms with Crippen molar-refractivity contribution in [1.29, 1.82) is 0 Å². The Hall–Kier alpha value is -1.94. The molecule has 10 heteroatoms. The molecular formula is C14H12F3N5S2. The first-order valence-electron chi connectivity index (χ1n) is 6.81. The molecule has 0 saturated heterocycles. The van der Waals surface area contributed by atoms with Crippen molar-refractivity contribution in [2.75, 3.05) is 5.73 Å². The number of nitrogens with zero attached hydrogens (tertiary/aromatic N) is 4. The van der Waals surface area contributed by atoms with Crippen molar-refractivity contribution in [3.8, 4) is 0 Å². The maximum Gasteiger partial charge on any atom is 0.433 e. The molecule has 3 aromatic heterocycles. The van der Waals surface area contributed by atoms with Crippen LogP contribution in [0.5, 0.6) is 0 Å². The second-order valence-corrected chi connectivity index (χ2v) is 7.15.